The van der Waals surface area contributed by atoms with E-state index in [1.807, 2.05) is 30.3 Å². The van der Waals surface area contributed by atoms with Gasteiger partial charge in [0.05, 0.1) is 7.11 Å². The average molecular weight is 338 g/mol. The highest BCUT2D eigenvalue weighted by Gasteiger charge is 2.03. The van der Waals surface area contributed by atoms with Crippen LogP contribution in [0, 0.1) is 5.82 Å². The number of anilines is 2. The molecule has 0 aliphatic carbocycles. The quantitative estimate of drug-likeness (QED) is 0.685. The van der Waals surface area contributed by atoms with Gasteiger partial charge in [-0.25, -0.2) is 14.4 Å². The molecule has 0 radical (unpaired) electrons. The van der Waals surface area contributed by atoms with Gasteiger partial charge in [-0.3, -0.25) is 0 Å². The molecule has 0 aliphatic rings. The van der Waals surface area contributed by atoms with Crippen LogP contribution in [0.25, 0.3) is 0 Å². The molecule has 0 fully saturated rings. The van der Waals surface area contributed by atoms with E-state index in [0.717, 1.165) is 16.9 Å². The number of nitrogens with one attached hydrogen (secondary N) is 2. The lowest BCUT2D eigenvalue weighted by Crippen LogP contribution is -2.06. The average Bonchev–Trinajstić information content (AvgIpc) is 2.66. The normalized spacial score (nSPS) is 10.3. The first-order chi connectivity index (χ1) is 12.2. The van der Waals surface area contributed by atoms with Crippen LogP contribution in [-0.4, -0.2) is 17.1 Å². The topological polar surface area (TPSA) is 59.1 Å². The Morgan fingerprint density at radius 3 is 2.32 bits per heavy atom. The molecule has 25 heavy (non-hydrogen) atoms. The Hall–Kier alpha value is -3.15. The molecule has 0 saturated heterocycles. The van der Waals surface area contributed by atoms with Crippen molar-refractivity contribution in [2.45, 2.75) is 13.1 Å². The highest BCUT2D eigenvalue weighted by Crippen LogP contribution is 2.19. The number of halogens is 1. The number of benzene rings is 2. The SMILES string of the molecule is COc1ccccc1CNc1cc(NCc2ccc(F)cc2)ncn1. The molecule has 5 nitrogen and oxygen atoms in total. The van der Waals surface area contributed by atoms with Crippen molar-refractivity contribution in [1.29, 1.82) is 0 Å². The Balaban J connectivity index is 1.60. The van der Waals surface area contributed by atoms with Crippen molar-refractivity contribution in [1.82, 2.24) is 9.97 Å². The smallest absolute Gasteiger partial charge is 0.131 e. The molecule has 2 aromatic carbocycles. The van der Waals surface area contributed by atoms with E-state index in [1.54, 1.807) is 19.2 Å². The van der Waals surface area contributed by atoms with E-state index in [1.165, 1.54) is 18.5 Å². The Morgan fingerprint density at radius 1 is 0.920 bits per heavy atom. The van der Waals surface area contributed by atoms with Gasteiger partial charge in [0.1, 0.15) is 29.5 Å². The summed E-state index contributed by atoms with van der Waals surface area (Å²) >= 11 is 0. The van der Waals surface area contributed by atoms with Gasteiger partial charge in [0, 0.05) is 24.7 Å². The summed E-state index contributed by atoms with van der Waals surface area (Å²) in [4.78, 5) is 8.42. The number of hydrogen-bond acceptors (Lipinski definition) is 5. The van der Waals surface area contributed by atoms with Crippen LogP contribution in [0.3, 0.4) is 0 Å². The zero-order chi connectivity index (χ0) is 17.5. The van der Waals surface area contributed by atoms with Crippen LogP contribution in [0.15, 0.2) is 60.9 Å². The van der Waals surface area contributed by atoms with Crippen molar-refractivity contribution >= 4 is 11.6 Å². The zero-order valence-corrected chi connectivity index (χ0v) is 13.9. The maximum Gasteiger partial charge on any atom is 0.131 e. The first-order valence-electron chi connectivity index (χ1n) is 7.91. The molecule has 2 N–H and O–H groups in total. The fraction of sp³-hybridized carbons (Fsp3) is 0.158. The van der Waals surface area contributed by atoms with Crippen LogP contribution in [0.1, 0.15) is 11.1 Å². The third-order valence-corrected chi connectivity index (χ3v) is 3.71. The van der Waals surface area contributed by atoms with E-state index in [9.17, 15) is 4.39 Å². The zero-order valence-electron chi connectivity index (χ0n) is 13.9. The first-order valence-corrected chi connectivity index (χ1v) is 7.91. The molecular weight excluding hydrogens is 319 g/mol. The van der Waals surface area contributed by atoms with Crippen molar-refractivity contribution in [3.05, 3.63) is 77.9 Å². The molecule has 3 aromatic rings. The number of para-hydroxylation sites is 1. The van der Waals surface area contributed by atoms with Crippen LogP contribution >= 0.6 is 0 Å². The Kier molecular flexibility index (Phi) is 5.41. The molecule has 0 atom stereocenters. The van der Waals surface area contributed by atoms with Gasteiger partial charge < -0.3 is 15.4 Å². The number of methoxy groups -OCH3 is 1. The predicted octanol–water partition coefficient (Wildman–Crippen LogP) is 3.85. The fourth-order valence-electron chi connectivity index (χ4n) is 2.38. The highest BCUT2D eigenvalue weighted by atomic mass is 19.1. The molecule has 0 unspecified atom stereocenters. The van der Waals surface area contributed by atoms with Gasteiger partial charge in [-0.2, -0.15) is 0 Å². The number of hydrogen-bond donors (Lipinski definition) is 2. The Morgan fingerprint density at radius 2 is 1.60 bits per heavy atom. The molecule has 0 bridgehead atoms. The van der Waals surface area contributed by atoms with Crippen LogP contribution in [0.4, 0.5) is 16.0 Å². The van der Waals surface area contributed by atoms with E-state index >= 15 is 0 Å². The minimum absolute atomic E-state index is 0.242. The van der Waals surface area contributed by atoms with Crippen molar-refractivity contribution < 1.29 is 9.13 Å². The predicted molar refractivity (Wildman–Crippen MR) is 96.1 cm³/mol. The summed E-state index contributed by atoms with van der Waals surface area (Å²) in [6.45, 7) is 1.15. The van der Waals surface area contributed by atoms with Gasteiger partial charge in [0.15, 0.2) is 0 Å². The maximum atomic E-state index is 12.9. The Labute approximate surface area is 145 Å². The summed E-state index contributed by atoms with van der Waals surface area (Å²) in [6, 6.07) is 16.0. The second-order valence-corrected chi connectivity index (χ2v) is 5.43. The minimum Gasteiger partial charge on any atom is -0.496 e. The van der Waals surface area contributed by atoms with Crippen LogP contribution in [-0.2, 0) is 13.1 Å². The van der Waals surface area contributed by atoms with Crippen molar-refractivity contribution in [3.63, 3.8) is 0 Å². The number of rotatable bonds is 7. The van der Waals surface area contributed by atoms with E-state index in [4.69, 9.17) is 4.74 Å². The van der Waals surface area contributed by atoms with E-state index < -0.39 is 0 Å². The summed E-state index contributed by atoms with van der Waals surface area (Å²) in [5.74, 6) is 2.00. The van der Waals surface area contributed by atoms with Gasteiger partial charge in [-0.15, -0.1) is 0 Å². The summed E-state index contributed by atoms with van der Waals surface area (Å²) < 4.78 is 18.3. The van der Waals surface area contributed by atoms with Crippen molar-refractivity contribution in [2.24, 2.45) is 0 Å². The molecule has 1 aromatic heterocycles. The lowest BCUT2D eigenvalue weighted by Gasteiger charge is -2.11. The second-order valence-electron chi connectivity index (χ2n) is 5.43. The Bertz CT molecular complexity index is 824. The van der Waals surface area contributed by atoms with Crippen LogP contribution in [0.5, 0.6) is 5.75 Å². The van der Waals surface area contributed by atoms with E-state index in [2.05, 4.69) is 20.6 Å². The first kappa shape index (κ1) is 16.7. The molecule has 128 valence electrons. The van der Waals surface area contributed by atoms with E-state index in [-0.39, 0.29) is 5.82 Å². The molecule has 0 amide bonds. The van der Waals surface area contributed by atoms with Crippen LogP contribution in [0.2, 0.25) is 0 Å². The molecule has 6 heteroatoms. The third kappa shape index (κ3) is 4.67. The van der Waals surface area contributed by atoms with Gasteiger partial charge in [-0.05, 0) is 23.8 Å². The molecule has 0 saturated carbocycles. The van der Waals surface area contributed by atoms with Gasteiger partial charge >= 0.3 is 0 Å². The number of nitrogens with zero attached hydrogens (tertiary/aromatic N) is 2. The fourth-order valence-corrected chi connectivity index (χ4v) is 2.38. The van der Waals surface area contributed by atoms with Crippen molar-refractivity contribution in [2.75, 3.05) is 17.7 Å². The highest BCUT2D eigenvalue weighted by molar-refractivity contribution is 5.48. The number of ether oxygens (including phenoxy) is 1. The summed E-state index contributed by atoms with van der Waals surface area (Å²) in [7, 11) is 1.65. The molecular formula is C19H19FN4O. The standard InChI is InChI=1S/C19H19FN4O/c1-25-17-5-3-2-4-15(17)12-22-19-10-18(23-13-24-19)21-11-14-6-8-16(20)9-7-14/h2-10,13H,11-12H2,1H3,(H2,21,22,23,24). The molecule has 1 heterocycles. The van der Waals surface area contributed by atoms with Crippen molar-refractivity contribution in [3.8, 4) is 5.75 Å². The lowest BCUT2D eigenvalue weighted by atomic mass is 10.2. The summed E-state index contributed by atoms with van der Waals surface area (Å²) in [6.07, 6.45) is 1.50. The van der Waals surface area contributed by atoms with E-state index in [0.29, 0.717) is 24.7 Å². The van der Waals surface area contributed by atoms with Gasteiger partial charge in [0.2, 0.25) is 0 Å². The second kappa shape index (κ2) is 8.10. The third-order valence-electron chi connectivity index (χ3n) is 3.71. The van der Waals surface area contributed by atoms with Gasteiger partial charge in [-0.1, -0.05) is 30.3 Å². The number of aromatic nitrogens is 2. The maximum absolute atomic E-state index is 12.9. The summed E-state index contributed by atoms with van der Waals surface area (Å²) in [5, 5.41) is 6.46. The summed E-state index contributed by atoms with van der Waals surface area (Å²) in [5.41, 5.74) is 2.02. The largest absolute Gasteiger partial charge is 0.496 e. The minimum atomic E-state index is -0.242. The molecule has 0 spiro atoms. The lowest BCUT2D eigenvalue weighted by molar-refractivity contribution is 0.410. The van der Waals surface area contributed by atoms with Crippen LogP contribution < -0.4 is 15.4 Å². The van der Waals surface area contributed by atoms with Gasteiger partial charge in [0.25, 0.3) is 0 Å². The molecule has 0 aliphatic heterocycles. The monoisotopic (exact) mass is 338 g/mol. The molecule has 3 rings (SSSR count).